The van der Waals surface area contributed by atoms with E-state index in [-0.39, 0.29) is 24.7 Å². The summed E-state index contributed by atoms with van der Waals surface area (Å²) >= 11 is 0. The molecule has 0 radical (unpaired) electrons. The van der Waals surface area contributed by atoms with Gasteiger partial charge in [0.2, 0.25) is 0 Å². The van der Waals surface area contributed by atoms with E-state index >= 15 is 0 Å². The van der Waals surface area contributed by atoms with Crippen LogP contribution in [0.5, 0.6) is 5.75 Å². The van der Waals surface area contributed by atoms with Crippen molar-refractivity contribution < 1.29 is 14.9 Å². The Morgan fingerprint density at radius 1 is 1.39 bits per heavy atom. The number of anilines is 1. The topological polar surface area (TPSA) is 80.6 Å². The molecule has 2 atom stereocenters. The summed E-state index contributed by atoms with van der Waals surface area (Å²) in [6.07, 6.45) is 3.39. The fourth-order valence-corrected chi connectivity index (χ4v) is 2.54. The van der Waals surface area contributed by atoms with Crippen molar-refractivity contribution >= 4 is 16.6 Å². The third kappa shape index (κ3) is 1.72. The summed E-state index contributed by atoms with van der Waals surface area (Å²) in [5, 5.41) is 19.7. The molecule has 0 aliphatic carbocycles. The predicted octanol–water partition coefficient (Wildman–Crippen LogP) is 1.60. The minimum Gasteiger partial charge on any atom is -0.507 e. The van der Waals surface area contributed by atoms with E-state index in [9.17, 15) is 5.11 Å². The molecule has 0 unspecified atom stereocenters. The summed E-state index contributed by atoms with van der Waals surface area (Å²) in [5.41, 5.74) is 7.13. The summed E-state index contributed by atoms with van der Waals surface area (Å²) in [7, 11) is 0. The molecule has 0 amide bonds. The highest BCUT2D eigenvalue weighted by molar-refractivity contribution is 5.89. The molecule has 1 fully saturated rings. The highest BCUT2D eigenvalue weighted by atomic mass is 16.5. The molecule has 1 aromatic carbocycles. The first-order chi connectivity index (χ1) is 8.69. The van der Waals surface area contributed by atoms with Gasteiger partial charge in [-0.15, -0.1) is 0 Å². The molecule has 0 saturated carbocycles. The van der Waals surface area contributed by atoms with Crippen LogP contribution in [0.15, 0.2) is 24.4 Å². The van der Waals surface area contributed by atoms with E-state index in [1.807, 2.05) is 22.9 Å². The van der Waals surface area contributed by atoms with Gasteiger partial charge in [-0.3, -0.25) is 0 Å². The van der Waals surface area contributed by atoms with Crippen LogP contribution in [0.25, 0.3) is 10.9 Å². The number of fused-ring (bicyclic) bond motifs is 1. The summed E-state index contributed by atoms with van der Waals surface area (Å²) in [6.45, 7) is 0.0447. The SMILES string of the molecule is Nc1cc(O)c2ccn([C@H]3CC[C@@H](CO)O3)c2c1. The number of nitrogens with zero attached hydrogens (tertiary/aromatic N) is 1. The van der Waals surface area contributed by atoms with Crippen molar-refractivity contribution in [1.82, 2.24) is 4.57 Å². The Hall–Kier alpha value is -1.72. The van der Waals surface area contributed by atoms with Gasteiger partial charge in [0.25, 0.3) is 0 Å². The van der Waals surface area contributed by atoms with Crippen molar-refractivity contribution in [3.63, 3.8) is 0 Å². The fourth-order valence-electron chi connectivity index (χ4n) is 2.54. The van der Waals surface area contributed by atoms with Gasteiger partial charge in [-0.2, -0.15) is 0 Å². The molecule has 5 nitrogen and oxygen atoms in total. The number of aliphatic hydroxyl groups is 1. The Balaban J connectivity index is 2.03. The van der Waals surface area contributed by atoms with E-state index in [2.05, 4.69) is 0 Å². The van der Waals surface area contributed by atoms with Crippen LogP contribution in [0.3, 0.4) is 0 Å². The van der Waals surface area contributed by atoms with Crippen LogP contribution in [0.1, 0.15) is 19.1 Å². The number of aromatic hydroxyl groups is 1. The van der Waals surface area contributed by atoms with Gasteiger partial charge < -0.3 is 25.3 Å². The maximum Gasteiger partial charge on any atom is 0.134 e. The zero-order valence-electron chi connectivity index (χ0n) is 9.91. The average Bonchev–Trinajstić information content (AvgIpc) is 2.93. The average molecular weight is 248 g/mol. The number of benzene rings is 1. The minimum absolute atomic E-state index is 0.0447. The van der Waals surface area contributed by atoms with Gasteiger partial charge in [-0.05, 0) is 25.0 Å². The number of nitrogen functional groups attached to an aromatic ring is 1. The van der Waals surface area contributed by atoms with Crippen molar-refractivity contribution in [3.8, 4) is 5.75 Å². The van der Waals surface area contributed by atoms with Crippen molar-refractivity contribution in [2.75, 3.05) is 12.3 Å². The fraction of sp³-hybridized carbons (Fsp3) is 0.385. The van der Waals surface area contributed by atoms with Gasteiger partial charge in [0.1, 0.15) is 12.0 Å². The van der Waals surface area contributed by atoms with Crippen LogP contribution in [0, 0.1) is 0 Å². The molecule has 1 aliphatic heterocycles. The maximum atomic E-state index is 9.83. The van der Waals surface area contributed by atoms with E-state index in [1.54, 1.807) is 6.07 Å². The van der Waals surface area contributed by atoms with E-state index in [4.69, 9.17) is 15.6 Å². The Morgan fingerprint density at radius 3 is 2.94 bits per heavy atom. The standard InChI is InChI=1S/C13H16N2O3/c14-8-5-11-10(12(17)6-8)3-4-15(11)13-2-1-9(7-16)18-13/h3-6,9,13,16-17H,1-2,7,14H2/t9-,13+/m0/s1. The highest BCUT2D eigenvalue weighted by Gasteiger charge is 2.26. The summed E-state index contributed by atoms with van der Waals surface area (Å²) < 4.78 is 7.69. The third-order valence-electron chi connectivity index (χ3n) is 3.44. The third-order valence-corrected chi connectivity index (χ3v) is 3.44. The number of nitrogens with two attached hydrogens (primary N) is 1. The molecule has 4 N–H and O–H groups in total. The molecule has 0 spiro atoms. The number of hydrogen-bond acceptors (Lipinski definition) is 4. The number of aromatic nitrogens is 1. The van der Waals surface area contributed by atoms with E-state index in [0.29, 0.717) is 5.69 Å². The molecule has 2 heterocycles. The monoisotopic (exact) mass is 248 g/mol. The summed E-state index contributed by atoms with van der Waals surface area (Å²) in [6, 6.07) is 5.21. The van der Waals surface area contributed by atoms with Crippen molar-refractivity contribution in [3.05, 3.63) is 24.4 Å². The molecular formula is C13H16N2O3. The van der Waals surface area contributed by atoms with E-state index in [0.717, 1.165) is 23.7 Å². The quantitative estimate of drug-likeness (QED) is 0.705. The van der Waals surface area contributed by atoms with Gasteiger partial charge in [0.15, 0.2) is 0 Å². The largest absolute Gasteiger partial charge is 0.507 e. The van der Waals surface area contributed by atoms with Crippen molar-refractivity contribution in [2.24, 2.45) is 0 Å². The normalized spacial score (nSPS) is 23.8. The lowest BCUT2D eigenvalue weighted by Crippen LogP contribution is -2.13. The number of phenols is 1. The van der Waals surface area contributed by atoms with Crippen LogP contribution < -0.4 is 5.73 Å². The molecular weight excluding hydrogens is 232 g/mol. The molecule has 96 valence electrons. The summed E-state index contributed by atoms with van der Waals surface area (Å²) in [5.74, 6) is 0.181. The Morgan fingerprint density at radius 2 is 2.22 bits per heavy atom. The van der Waals surface area contributed by atoms with Crippen LogP contribution in [0.4, 0.5) is 5.69 Å². The Bertz CT molecular complexity index is 579. The molecule has 1 aliphatic rings. The first kappa shape index (κ1) is 11.4. The molecule has 18 heavy (non-hydrogen) atoms. The first-order valence-electron chi connectivity index (χ1n) is 6.04. The smallest absolute Gasteiger partial charge is 0.134 e. The molecule has 3 rings (SSSR count). The van der Waals surface area contributed by atoms with Crippen LogP contribution >= 0.6 is 0 Å². The van der Waals surface area contributed by atoms with Gasteiger partial charge in [-0.25, -0.2) is 0 Å². The molecule has 1 saturated heterocycles. The van der Waals surface area contributed by atoms with E-state index < -0.39 is 0 Å². The zero-order valence-corrected chi connectivity index (χ0v) is 9.91. The molecule has 1 aromatic heterocycles. The predicted molar refractivity (Wildman–Crippen MR) is 68.2 cm³/mol. The maximum absolute atomic E-state index is 9.83. The lowest BCUT2D eigenvalue weighted by molar-refractivity contribution is -0.0202. The minimum atomic E-state index is -0.0964. The van der Waals surface area contributed by atoms with Crippen LogP contribution in [-0.2, 0) is 4.74 Å². The number of rotatable bonds is 2. The second-order valence-electron chi connectivity index (χ2n) is 4.67. The Kier molecular flexibility index (Phi) is 2.65. The number of phenolic OH excluding ortho intramolecular Hbond substituents is 1. The van der Waals surface area contributed by atoms with Crippen LogP contribution in [-0.4, -0.2) is 27.5 Å². The number of aliphatic hydroxyl groups excluding tert-OH is 1. The summed E-state index contributed by atoms with van der Waals surface area (Å²) in [4.78, 5) is 0. The van der Waals surface area contributed by atoms with Crippen molar-refractivity contribution in [2.45, 2.75) is 25.2 Å². The Labute approximate surface area is 104 Å². The number of ether oxygens (including phenoxy) is 1. The highest BCUT2D eigenvalue weighted by Crippen LogP contribution is 2.35. The van der Waals surface area contributed by atoms with Crippen molar-refractivity contribution in [1.29, 1.82) is 0 Å². The van der Waals surface area contributed by atoms with E-state index in [1.165, 1.54) is 0 Å². The van der Waals surface area contributed by atoms with Gasteiger partial charge in [-0.1, -0.05) is 0 Å². The molecule has 2 aromatic rings. The lowest BCUT2D eigenvalue weighted by Gasteiger charge is -2.15. The molecule has 5 heteroatoms. The van der Waals surface area contributed by atoms with Gasteiger partial charge in [0, 0.05) is 23.3 Å². The lowest BCUT2D eigenvalue weighted by atomic mass is 10.2. The van der Waals surface area contributed by atoms with Crippen LogP contribution in [0.2, 0.25) is 0 Å². The van der Waals surface area contributed by atoms with Gasteiger partial charge in [0.05, 0.1) is 18.2 Å². The van der Waals surface area contributed by atoms with Gasteiger partial charge >= 0.3 is 0 Å². The number of hydrogen-bond donors (Lipinski definition) is 3. The first-order valence-corrected chi connectivity index (χ1v) is 6.04. The molecule has 0 bridgehead atoms. The second-order valence-corrected chi connectivity index (χ2v) is 4.67. The second kappa shape index (κ2) is 4.19. The zero-order chi connectivity index (χ0) is 12.7.